The number of hydrogen-bond donors (Lipinski definition) is 1. The summed E-state index contributed by atoms with van der Waals surface area (Å²) in [5.74, 6) is 0.604. The zero-order valence-corrected chi connectivity index (χ0v) is 15.8. The molecule has 0 fully saturated rings. The van der Waals surface area contributed by atoms with E-state index in [2.05, 4.69) is 10.1 Å². The largest absolute Gasteiger partial charge is 0.494 e. The molecule has 0 aliphatic heterocycles. The van der Waals surface area contributed by atoms with Crippen molar-refractivity contribution < 1.29 is 28.5 Å². The molecule has 0 saturated heterocycles. The summed E-state index contributed by atoms with van der Waals surface area (Å²) in [5.41, 5.74) is 0.958. The molecule has 1 atom stereocenters. The lowest BCUT2D eigenvalue weighted by atomic mass is 10.2. The Morgan fingerprint density at radius 3 is 2.33 bits per heavy atom. The second-order valence-electron chi connectivity index (χ2n) is 5.56. The molecule has 0 unspecified atom stereocenters. The first kappa shape index (κ1) is 20.1. The van der Waals surface area contributed by atoms with Gasteiger partial charge in [-0.05, 0) is 56.3 Å². The Morgan fingerprint density at radius 2 is 1.74 bits per heavy atom. The first-order valence-corrected chi connectivity index (χ1v) is 8.45. The van der Waals surface area contributed by atoms with Gasteiger partial charge in [-0.1, -0.05) is 0 Å². The van der Waals surface area contributed by atoms with Crippen molar-refractivity contribution in [2.45, 2.75) is 20.0 Å². The molecule has 0 saturated carbocycles. The highest BCUT2D eigenvalue weighted by atomic mass is 16.5. The number of rotatable bonds is 8. The van der Waals surface area contributed by atoms with Crippen molar-refractivity contribution in [2.75, 3.05) is 26.1 Å². The average Bonchev–Trinajstić information content (AvgIpc) is 2.69. The molecule has 1 amide bonds. The summed E-state index contributed by atoms with van der Waals surface area (Å²) in [5, 5.41) is 2.77. The fourth-order valence-corrected chi connectivity index (χ4v) is 2.30. The number of methoxy groups -OCH3 is 2. The Morgan fingerprint density at radius 1 is 1.04 bits per heavy atom. The number of amides is 1. The molecule has 0 bridgehead atoms. The number of ether oxygens (including phenoxy) is 4. The molecule has 2 aromatic rings. The van der Waals surface area contributed by atoms with Gasteiger partial charge in [0, 0.05) is 5.69 Å². The van der Waals surface area contributed by atoms with Crippen molar-refractivity contribution in [3.8, 4) is 17.2 Å². The minimum Gasteiger partial charge on any atom is -0.494 e. The third-order valence-electron chi connectivity index (χ3n) is 3.69. The van der Waals surface area contributed by atoms with Gasteiger partial charge in [-0.2, -0.15) is 0 Å². The molecular formula is C20H23NO6. The van der Waals surface area contributed by atoms with Gasteiger partial charge < -0.3 is 24.3 Å². The van der Waals surface area contributed by atoms with E-state index >= 15 is 0 Å². The number of hydrogen-bond acceptors (Lipinski definition) is 6. The van der Waals surface area contributed by atoms with Crippen LogP contribution < -0.4 is 19.5 Å². The van der Waals surface area contributed by atoms with Crippen LogP contribution >= 0.6 is 0 Å². The molecule has 0 aliphatic carbocycles. The second kappa shape index (κ2) is 9.47. The van der Waals surface area contributed by atoms with Crippen LogP contribution in [0.5, 0.6) is 17.2 Å². The fourth-order valence-electron chi connectivity index (χ4n) is 2.30. The summed E-state index contributed by atoms with van der Waals surface area (Å²) in [6.07, 6.45) is -0.783. The molecule has 1 N–H and O–H groups in total. The maximum Gasteiger partial charge on any atom is 0.337 e. The number of esters is 1. The van der Waals surface area contributed by atoms with Crippen LogP contribution in [-0.4, -0.2) is 38.8 Å². The van der Waals surface area contributed by atoms with Crippen LogP contribution in [0.4, 0.5) is 5.69 Å². The Labute approximate surface area is 158 Å². The maximum absolute atomic E-state index is 12.4. The molecule has 144 valence electrons. The van der Waals surface area contributed by atoms with Crippen molar-refractivity contribution >= 4 is 17.6 Å². The van der Waals surface area contributed by atoms with Gasteiger partial charge in [0.15, 0.2) is 17.6 Å². The number of benzene rings is 2. The second-order valence-corrected chi connectivity index (χ2v) is 5.56. The predicted molar refractivity (Wildman–Crippen MR) is 101 cm³/mol. The smallest absolute Gasteiger partial charge is 0.337 e. The van der Waals surface area contributed by atoms with Gasteiger partial charge in [0.1, 0.15) is 5.75 Å². The summed E-state index contributed by atoms with van der Waals surface area (Å²) in [7, 11) is 2.75. The van der Waals surface area contributed by atoms with Crippen LogP contribution in [0.3, 0.4) is 0 Å². The van der Waals surface area contributed by atoms with Crippen LogP contribution in [-0.2, 0) is 9.53 Å². The van der Waals surface area contributed by atoms with Gasteiger partial charge in [0.2, 0.25) is 0 Å². The molecule has 7 heteroatoms. The van der Waals surface area contributed by atoms with Gasteiger partial charge in [-0.25, -0.2) is 4.79 Å². The Hall–Kier alpha value is -3.22. The van der Waals surface area contributed by atoms with Crippen molar-refractivity contribution in [2.24, 2.45) is 0 Å². The van der Waals surface area contributed by atoms with Crippen LogP contribution in [0.15, 0.2) is 42.5 Å². The van der Waals surface area contributed by atoms with Crippen molar-refractivity contribution in [1.82, 2.24) is 0 Å². The van der Waals surface area contributed by atoms with Crippen molar-refractivity contribution in [3.05, 3.63) is 48.0 Å². The van der Waals surface area contributed by atoms with Gasteiger partial charge in [-0.15, -0.1) is 0 Å². The highest BCUT2D eigenvalue weighted by Crippen LogP contribution is 2.29. The lowest BCUT2D eigenvalue weighted by Crippen LogP contribution is -2.30. The van der Waals surface area contributed by atoms with E-state index in [0.717, 1.165) is 5.75 Å². The number of nitrogens with one attached hydrogen (secondary N) is 1. The molecule has 2 aromatic carbocycles. The summed E-state index contributed by atoms with van der Waals surface area (Å²) >= 11 is 0. The lowest BCUT2D eigenvalue weighted by molar-refractivity contribution is -0.122. The van der Waals surface area contributed by atoms with Gasteiger partial charge in [0.05, 0.1) is 26.4 Å². The summed E-state index contributed by atoms with van der Waals surface area (Å²) in [6.45, 7) is 4.10. The molecule has 0 aliphatic rings. The monoisotopic (exact) mass is 373 g/mol. The highest BCUT2D eigenvalue weighted by molar-refractivity contribution is 5.94. The van der Waals surface area contributed by atoms with E-state index in [0.29, 0.717) is 29.4 Å². The highest BCUT2D eigenvalue weighted by Gasteiger charge is 2.18. The van der Waals surface area contributed by atoms with E-state index in [-0.39, 0.29) is 5.91 Å². The topological polar surface area (TPSA) is 83.1 Å². The number of carbonyl (C=O) groups is 2. The summed E-state index contributed by atoms with van der Waals surface area (Å²) in [4.78, 5) is 24.0. The van der Waals surface area contributed by atoms with Crippen LogP contribution in [0.25, 0.3) is 0 Å². The molecule has 0 spiro atoms. The molecule has 27 heavy (non-hydrogen) atoms. The van der Waals surface area contributed by atoms with E-state index in [4.69, 9.17) is 14.2 Å². The van der Waals surface area contributed by atoms with Gasteiger partial charge in [-0.3, -0.25) is 4.79 Å². The Balaban J connectivity index is 2.04. The fraction of sp³-hybridized carbons (Fsp3) is 0.300. The van der Waals surface area contributed by atoms with Crippen molar-refractivity contribution in [1.29, 1.82) is 0 Å². The van der Waals surface area contributed by atoms with E-state index in [9.17, 15) is 9.59 Å². The van der Waals surface area contributed by atoms with Crippen LogP contribution in [0.2, 0.25) is 0 Å². The van der Waals surface area contributed by atoms with Crippen LogP contribution in [0, 0.1) is 0 Å². The molecule has 0 radical (unpaired) electrons. The minimum atomic E-state index is -0.783. The first-order chi connectivity index (χ1) is 13.0. The number of carbonyl (C=O) groups excluding carboxylic acids is 2. The summed E-state index contributed by atoms with van der Waals surface area (Å²) < 4.78 is 21.0. The van der Waals surface area contributed by atoms with E-state index in [1.165, 1.54) is 20.3 Å². The zero-order chi connectivity index (χ0) is 19.8. The Bertz CT molecular complexity index is 788. The lowest BCUT2D eigenvalue weighted by Gasteiger charge is -2.17. The molecule has 7 nitrogen and oxygen atoms in total. The predicted octanol–water partition coefficient (Wildman–Crippen LogP) is 3.29. The molecule has 0 heterocycles. The maximum atomic E-state index is 12.4. The SMILES string of the molecule is CCOc1ccc(NC(=O)[C@H](C)Oc2ccc(C(=O)OC)cc2OC)cc1. The van der Waals surface area contributed by atoms with E-state index < -0.39 is 12.1 Å². The van der Waals surface area contributed by atoms with Crippen LogP contribution in [0.1, 0.15) is 24.2 Å². The third kappa shape index (κ3) is 5.37. The third-order valence-corrected chi connectivity index (χ3v) is 3.69. The molecule has 0 aromatic heterocycles. The van der Waals surface area contributed by atoms with Crippen molar-refractivity contribution in [3.63, 3.8) is 0 Å². The van der Waals surface area contributed by atoms with E-state index in [1.54, 1.807) is 43.3 Å². The average molecular weight is 373 g/mol. The molecular weight excluding hydrogens is 350 g/mol. The first-order valence-electron chi connectivity index (χ1n) is 8.45. The quantitative estimate of drug-likeness (QED) is 0.715. The van der Waals surface area contributed by atoms with Gasteiger partial charge >= 0.3 is 5.97 Å². The summed E-state index contributed by atoms with van der Waals surface area (Å²) in [6, 6.07) is 11.7. The normalized spacial score (nSPS) is 11.3. The number of anilines is 1. The molecule has 2 rings (SSSR count). The standard InChI is InChI=1S/C20H23NO6/c1-5-26-16-9-7-15(8-10-16)21-19(22)13(2)27-17-11-6-14(20(23)25-4)12-18(17)24-3/h6-13H,5H2,1-4H3,(H,21,22)/t13-/m0/s1. The van der Waals surface area contributed by atoms with E-state index in [1.807, 2.05) is 6.92 Å². The minimum absolute atomic E-state index is 0.321. The zero-order valence-electron chi connectivity index (χ0n) is 15.8. The Kier molecular flexibility index (Phi) is 7.05. The van der Waals surface area contributed by atoms with Gasteiger partial charge in [0.25, 0.3) is 5.91 Å².